The van der Waals surface area contributed by atoms with Crippen LogP contribution in [0.1, 0.15) is 37.5 Å². The largest absolute Gasteiger partial charge is 0.339 e. The van der Waals surface area contributed by atoms with E-state index < -0.39 is 0 Å². The van der Waals surface area contributed by atoms with Crippen LogP contribution >= 0.6 is 0 Å². The second kappa shape index (κ2) is 5.48. The van der Waals surface area contributed by atoms with Crippen molar-refractivity contribution in [1.29, 1.82) is 0 Å². The second-order valence-electron chi connectivity index (χ2n) is 5.03. The number of nitrogens with zero attached hydrogens (tertiary/aromatic N) is 3. The third-order valence-corrected chi connectivity index (χ3v) is 3.86. The van der Waals surface area contributed by atoms with E-state index in [0.29, 0.717) is 17.8 Å². The highest BCUT2D eigenvalue weighted by atomic mass is 16.5. The Kier molecular flexibility index (Phi) is 3.55. The first-order valence-electron chi connectivity index (χ1n) is 6.78. The number of nitrogens with one attached hydrogen (secondary N) is 1. The molecule has 2 aromatic heterocycles. The maximum atomic E-state index is 5.43. The van der Waals surface area contributed by atoms with Crippen LogP contribution in [0.2, 0.25) is 0 Å². The van der Waals surface area contributed by atoms with Gasteiger partial charge in [-0.2, -0.15) is 4.98 Å². The zero-order valence-corrected chi connectivity index (χ0v) is 11.0. The summed E-state index contributed by atoms with van der Waals surface area (Å²) in [4.78, 5) is 8.52. The van der Waals surface area contributed by atoms with Crippen molar-refractivity contribution < 1.29 is 4.52 Å². The Balaban J connectivity index is 1.72. The summed E-state index contributed by atoms with van der Waals surface area (Å²) in [5, 5.41) is 7.40. The molecule has 1 saturated carbocycles. The van der Waals surface area contributed by atoms with Gasteiger partial charge in [-0.15, -0.1) is 0 Å². The molecule has 2 heterocycles. The lowest BCUT2D eigenvalue weighted by Crippen LogP contribution is -2.29. The fourth-order valence-electron chi connectivity index (χ4n) is 2.65. The van der Waals surface area contributed by atoms with Crippen molar-refractivity contribution in [1.82, 2.24) is 20.4 Å². The van der Waals surface area contributed by atoms with E-state index in [0.717, 1.165) is 24.3 Å². The van der Waals surface area contributed by atoms with Gasteiger partial charge in [0.15, 0.2) is 0 Å². The molecular weight excluding hydrogens is 240 g/mol. The lowest BCUT2D eigenvalue weighted by molar-refractivity contribution is 0.289. The molecule has 1 fully saturated rings. The molecule has 0 aliphatic heterocycles. The zero-order valence-electron chi connectivity index (χ0n) is 11.0. The first kappa shape index (κ1) is 12.3. The molecule has 2 aromatic rings. The van der Waals surface area contributed by atoms with Crippen molar-refractivity contribution in [3.8, 4) is 11.4 Å². The van der Waals surface area contributed by atoms with E-state index >= 15 is 0 Å². The normalized spacial score (nSPS) is 23.4. The molecule has 0 aromatic carbocycles. The molecule has 5 heteroatoms. The molecule has 5 nitrogen and oxygen atoms in total. The van der Waals surface area contributed by atoms with Gasteiger partial charge in [-0.1, -0.05) is 5.16 Å². The Morgan fingerprint density at radius 3 is 2.58 bits per heavy atom. The summed E-state index contributed by atoms with van der Waals surface area (Å²) in [5.74, 6) is 1.85. The zero-order chi connectivity index (χ0) is 13.1. The summed E-state index contributed by atoms with van der Waals surface area (Å²) < 4.78 is 5.43. The maximum absolute atomic E-state index is 5.43. The molecule has 1 aliphatic carbocycles. The minimum absolute atomic E-state index is 0.410. The van der Waals surface area contributed by atoms with Crippen molar-refractivity contribution >= 4 is 0 Å². The monoisotopic (exact) mass is 258 g/mol. The van der Waals surface area contributed by atoms with Crippen molar-refractivity contribution in [3.05, 3.63) is 30.4 Å². The van der Waals surface area contributed by atoms with Gasteiger partial charge in [0.25, 0.3) is 0 Å². The summed E-state index contributed by atoms with van der Waals surface area (Å²) in [7, 11) is 2.03. The van der Waals surface area contributed by atoms with Crippen LogP contribution in [0, 0.1) is 0 Å². The van der Waals surface area contributed by atoms with E-state index in [1.165, 1.54) is 12.8 Å². The topological polar surface area (TPSA) is 63.8 Å². The Morgan fingerprint density at radius 1 is 1.16 bits per heavy atom. The molecular formula is C14H18N4O. The van der Waals surface area contributed by atoms with Crippen LogP contribution in [0.4, 0.5) is 0 Å². The third kappa shape index (κ3) is 2.66. The lowest BCUT2D eigenvalue weighted by atomic mass is 9.86. The molecule has 0 spiro atoms. The van der Waals surface area contributed by atoms with E-state index in [2.05, 4.69) is 20.4 Å². The number of hydrogen-bond donors (Lipinski definition) is 1. The maximum Gasteiger partial charge on any atom is 0.230 e. The summed E-state index contributed by atoms with van der Waals surface area (Å²) in [6.07, 6.45) is 8.06. The van der Waals surface area contributed by atoms with Crippen molar-refractivity contribution in [2.24, 2.45) is 0 Å². The van der Waals surface area contributed by atoms with E-state index in [9.17, 15) is 0 Å². The summed E-state index contributed by atoms with van der Waals surface area (Å²) >= 11 is 0. The third-order valence-electron chi connectivity index (χ3n) is 3.86. The van der Waals surface area contributed by atoms with E-state index in [1.807, 2.05) is 19.2 Å². The van der Waals surface area contributed by atoms with E-state index in [1.54, 1.807) is 12.4 Å². The van der Waals surface area contributed by atoms with Gasteiger partial charge in [0.2, 0.25) is 11.7 Å². The first-order valence-corrected chi connectivity index (χ1v) is 6.78. The van der Waals surface area contributed by atoms with Crippen LogP contribution in [-0.4, -0.2) is 28.2 Å². The molecule has 0 amide bonds. The number of rotatable bonds is 3. The van der Waals surface area contributed by atoms with Crippen LogP contribution < -0.4 is 5.32 Å². The van der Waals surface area contributed by atoms with Gasteiger partial charge in [-0.25, -0.2) is 0 Å². The molecule has 0 atom stereocenters. The molecule has 100 valence electrons. The van der Waals surface area contributed by atoms with Crippen LogP contribution in [-0.2, 0) is 0 Å². The van der Waals surface area contributed by atoms with E-state index in [-0.39, 0.29) is 0 Å². The standard InChI is InChI=1S/C14H18N4O/c1-15-12-4-2-11(3-5-12)14-17-13(18-19-14)10-6-8-16-9-7-10/h6-9,11-12,15H,2-5H2,1H3. The fourth-order valence-corrected chi connectivity index (χ4v) is 2.65. The lowest BCUT2D eigenvalue weighted by Gasteiger charge is -2.25. The van der Waals surface area contributed by atoms with Crippen LogP contribution in [0.3, 0.4) is 0 Å². The van der Waals surface area contributed by atoms with Crippen LogP contribution in [0.25, 0.3) is 11.4 Å². The van der Waals surface area contributed by atoms with Crippen molar-refractivity contribution in [2.75, 3.05) is 7.05 Å². The SMILES string of the molecule is CNC1CCC(c2nc(-c3ccncc3)no2)CC1. The van der Waals surface area contributed by atoms with Crippen molar-refractivity contribution in [3.63, 3.8) is 0 Å². The Hall–Kier alpha value is -1.75. The smallest absolute Gasteiger partial charge is 0.230 e. The summed E-state index contributed by atoms with van der Waals surface area (Å²) in [6, 6.07) is 4.43. The highest BCUT2D eigenvalue weighted by Crippen LogP contribution is 2.32. The molecule has 3 rings (SSSR count). The number of pyridine rings is 1. The summed E-state index contributed by atoms with van der Waals surface area (Å²) in [6.45, 7) is 0. The fraction of sp³-hybridized carbons (Fsp3) is 0.500. The Morgan fingerprint density at radius 2 is 1.89 bits per heavy atom. The molecule has 0 saturated heterocycles. The Labute approximate surface area is 112 Å². The average Bonchev–Trinajstić information content (AvgIpc) is 2.98. The molecule has 0 unspecified atom stereocenters. The van der Waals surface area contributed by atoms with Gasteiger partial charge < -0.3 is 9.84 Å². The average molecular weight is 258 g/mol. The van der Waals surface area contributed by atoms with Crippen LogP contribution in [0.15, 0.2) is 29.0 Å². The number of hydrogen-bond acceptors (Lipinski definition) is 5. The van der Waals surface area contributed by atoms with Crippen molar-refractivity contribution in [2.45, 2.75) is 37.6 Å². The quantitative estimate of drug-likeness (QED) is 0.915. The van der Waals surface area contributed by atoms with Gasteiger partial charge in [-0.3, -0.25) is 4.98 Å². The molecule has 1 N–H and O–H groups in total. The van der Waals surface area contributed by atoms with E-state index in [4.69, 9.17) is 4.52 Å². The molecule has 0 radical (unpaired) electrons. The molecule has 19 heavy (non-hydrogen) atoms. The predicted molar refractivity (Wildman–Crippen MR) is 71.6 cm³/mol. The minimum atomic E-state index is 0.410. The van der Waals surface area contributed by atoms with Crippen LogP contribution in [0.5, 0.6) is 0 Å². The minimum Gasteiger partial charge on any atom is -0.339 e. The second-order valence-corrected chi connectivity index (χ2v) is 5.03. The van der Waals surface area contributed by atoms with Gasteiger partial charge in [0.1, 0.15) is 0 Å². The highest BCUT2D eigenvalue weighted by molar-refractivity contribution is 5.52. The highest BCUT2D eigenvalue weighted by Gasteiger charge is 2.25. The van der Waals surface area contributed by atoms with Gasteiger partial charge in [0, 0.05) is 29.9 Å². The Bertz CT molecular complexity index is 517. The number of aromatic nitrogens is 3. The van der Waals surface area contributed by atoms with Gasteiger partial charge >= 0.3 is 0 Å². The van der Waals surface area contributed by atoms with Gasteiger partial charge in [-0.05, 0) is 44.9 Å². The molecule has 0 bridgehead atoms. The van der Waals surface area contributed by atoms with Gasteiger partial charge in [0.05, 0.1) is 0 Å². The summed E-state index contributed by atoms with van der Waals surface area (Å²) in [5.41, 5.74) is 0.953. The predicted octanol–water partition coefficient (Wildman–Crippen LogP) is 2.38. The first-order chi connectivity index (χ1) is 9.36. The molecule has 1 aliphatic rings.